The first kappa shape index (κ1) is 13.8. The van der Waals surface area contributed by atoms with Crippen molar-refractivity contribution in [2.75, 3.05) is 25.0 Å². The molecule has 2 heterocycles. The lowest BCUT2D eigenvalue weighted by atomic mass is 9.93. The molecule has 5 heteroatoms. The van der Waals surface area contributed by atoms with Gasteiger partial charge in [-0.25, -0.2) is 4.98 Å². The number of aromatic nitrogens is 1. The molecule has 1 aliphatic rings. The number of nitrogens with one attached hydrogen (secondary N) is 1. The SMILES string of the molecule is CNCc1cccnc1N1CCC(CC(N)=O)CC1. The fourth-order valence-corrected chi connectivity index (χ4v) is 2.68. The van der Waals surface area contributed by atoms with Gasteiger partial charge in [0.1, 0.15) is 5.82 Å². The molecule has 1 aromatic heterocycles. The van der Waals surface area contributed by atoms with Crippen LogP contribution >= 0.6 is 0 Å². The van der Waals surface area contributed by atoms with Crippen LogP contribution in [0.1, 0.15) is 24.8 Å². The van der Waals surface area contributed by atoms with Crippen LogP contribution in [0, 0.1) is 5.92 Å². The number of anilines is 1. The lowest BCUT2D eigenvalue weighted by molar-refractivity contribution is -0.119. The predicted octanol–water partition coefficient (Wildman–Crippen LogP) is 0.893. The van der Waals surface area contributed by atoms with Crippen molar-refractivity contribution in [2.24, 2.45) is 11.7 Å². The highest BCUT2D eigenvalue weighted by molar-refractivity contribution is 5.74. The summed E-state index contributed by atoms with van der Waals surface area (Å²) in [6.07, 6.45) is 4.38. The van der Waals surface area contributed by atoms with E-state index in [0.29, 0.717) is 12.3 Å². The first-order valence-corrected chi connectivity index (χ1v) is 6.82. The van der Waals surface area contributed by atoms with Crippen LogP contribution in [0.25, 0.3) is 0 Å². The van der Waals surface area contributed by atoms with Gasteiger partial charge in [0.25, 0.3) is 0 Å². The summed E-state index contributed by atoms with van der Waals surface area (Å²) in [5.41, 5.74) is 6.48. The average molecular weight is 262 g/mol. The summed E-state index contributed by atoms with van der Waals surface area (Å²) >= 11 is 0. The second-order valence-corrected chi connectivity index (χ2v) is 5.12. The molecule has 0 radical (unpaired) electrons. The number of carbonyl (C=O) groups excluding carboxylic acids is 1. The molecule has 2 rings (SSSR count). The minimum atomic E-state index is -0.188. The topological polar surface area (TPSA) is 71.2 Å². The zero-order valence-corrected chi connectivity index (χ0v) is 11.4. The maximum Gasteiger partial charge on any atom is 0.217 e. The first-order chi connectivity index (χ1) is 9.20. The molecule has 1 fully saturated rings. The number of primary amides is 1. The second-order valence-electron chi connectivity index (χ2n) is 5.12. The molecule has 1 saturated heterocycles. The van der Waals surface area contributed by atoms with E-state index in [1.807, 2.05) is 19.3 Å². The summed E-state index contributed by atoms with van der Waals surface area (Å²) in [5, 5.41) is 3.17. The van der Waals surface area contributed by atoms with Gasteiger partial charge in [-0.1, -0.05) is 6.07 Å². The number of carbonyl (C=O) groups is 1. The van der Waals surface area contributed by atoms with Crippen molar-refractivity contribution in [3.63, 3.8) is 0 Å². The molecule has 3 N–H and O–H groups in total. The quantitative estimate of drug-likeness (QED) is 0.827. The molecule has 1 aromatic rings. The standard InChI is InChI=1S/C14H22N4O/c1-16-10-12-3-2-6-17-14(12)18-7-4-11(5-8-18)9-13(15)19/h2-3,6,11,16H,4-5,7-10H2,1H3,(H2,15,19). The van der Waals surface area contributed by atoms with E-state index in [9.17, 15) is 4.79 Å². The summed E-state index contributed by atoms with van der Waals surface area (Å²) in [6, 6.07) is 4.07. The number of piperidine rings is 1. The largest absolute Gasteiger partial charge is 0.370 e. The fraction of sp³-hybridized carbons (Fsp3) is 0.571. The Kier molecular flexibility index (Phi) is 4.74. The second kappa shape index (κ2) is 6.52. The summed E-state index contributed by atoms with van der Waals surface area (Å²) in [5.74, 6) is 1.31. The zero-order valence-electron chi connectivity index (χ0n) is 11.4. The van der Waals surface area contributed by atoms with E-state index >= 15 is 0 Å². The van der Waals surface area contributed by atoms with Gasteiger partial charge < -0.3 is 16.0 Å². The minimum absolute atomic E-state index is 0.188. The summed E-state index contributed by atoms with van der Waals surface area (Å²) in [6.45, 7) is 2.72. The van der Waals surface area contributed by atoms with Gasteiger partial charge in [-0.2, -0.15) is 0 Å². The van der Waals surface area contributed by atoms with Gasteiger partial charge in [-0.15, -0.1) is 0 Å². The lowest BCUT2D eigenvalue weighted by Gasteiger charge is -2.33. The van der Waals surface area contributed by atoms with E-state index in [1.54, 1.807) is 0 Å². The Balaban J connectivity index is 1.99. The van der Waals surface area contributed by atoms with E-state index < -0.39 is 0 Å². The number of rotatable bonds is 5. The van der Waals surface area contributed by atoms with Gasteiger partial charge >= 0.3 is 0 Å². The number of hydrogen-bond acceptors (Lipinski definition) is 4. The highest BCUT2D eigenvalue weighted by Crippen LogP contribution is 2.25. The van der Waals surface area contributed by atoms with Crippen LogP contribution in [-0.2, 0) is 11.3 Å². The Morgan fingerprint density at radius 2 is 2.26 bits per heavy atom. The summed E-state index contributed by atoms with van der Waals surface area (Å²) < 4.78 is 0. The summed E-state index contributed by atoms with van der Waals surface area (Å²) in [7, 11) is 1.94. The van der Waals surface area contributed by atoms with Crippen molar-refractivity contribution in [3.8, 4) is 0 Å². The number of hydrogen-bond donors (Lipinski definition) is 2. The molecule has 0 unspecified atom stereocenters. The maximum atomic E-state index is 10.9. The molecule has 0 atom stereocenters. The molecule has 19 heavy (non-hydrogen) atoms. The van der Waals surface area contributed by atoms with Gasteiger partial charge in [0.15, 0.2) is 0 Å². The third kappa shape index (κ3) is 3.67. The first-order valence-electron chi connectivity index (χ1n) is 6.82. The molecule has 1 aliphatic heterocycles. The smallest absolute Gasteiger partial charge is 0.217 e. The lowest BCUT2D eigenvalue weighted by Crippen LogP contribution is -2.36. The van der Waals surface area contributed by atoms with E-state index in [4.69, 9.17) is 5.73 Å². The maximum absolute atomic E-state index is 10.9. The summed E-state index contributed by atoms with van der Waals surface area (Å²) in [4.78, 5) is 17.8. The molecule has 1 amide bonds. The van der Waals surface area contributed by atoms with E-state index in [2.05, 4.69) is 21.3 Å². The fourth-order valence-electron chi connectivity index (χ4n) is 2.68. The molecule has 0 aliphatic carbocycles. The highest BCUT2D eigenvalue weighted by Gasteiger charge is 2.22. The Morgan fingerprint density at radius 3 is 2.89 bits per heavy atom. The van der Waals surface area contributed by atoms with Crippen LogP contribution in [-0.4, -0.2) is 31.0 Å². The van der Waals surface area contributed by atoms with Crippen LogP contribution in [0.3, 0.4) is 0 Å². The highest BCUT2D eigenvalue weighted by atomic mass is 16.1. The third-order valence-electron chi connectivity index (χ3n) is 3.64. The Hall–Kier alpha value is -1.62. The van der Waals surface area contributed by atoms with Crippen LogP contribution in [0.2, 0.25) is 0 Å². The van der Waals surface area contributed by atoms with Crippen LogP contribution in [0.4, 0.5) is 5.82 Å². The molecule has 5 nitrogen and oxygen atoms in total. The van der Waals surface area contributed by atoms with Crippen molar-refractivity contribution < 1.29 is 4.79 Å². The van der Waals surface area contributed by atoms with Crippen molar-refractivity contribution in [1.29, 1.82) is 0 Å². The molecule has 0 aromatic carbocycles. The van der Waals surface area contributed by atoms with Crippen LogP contribution in [0.15, 0.2) is 18.3 Å². The minimum Gasteiger partial charge on any atom is -0.370 e. The normalized spacial score (nSPS) is 16.6. The third-order valence-corrected chi connectivity index (χ3v) is 3.64. The molecular formula is C14H22N4O. The van der Waals surface area contributed by atoms with Gasteiger partial charge in [0.2, 0.25) is 5.91 Å². The molecule has 104 valence electrons. The van der Waals surface area contributed by atoms with Crippen molar-refractivity contribution in [3.05, 3.63) is 23.9 Å². The van der Waals surface area contributed by atoms with Crippen LogP contribution in [0.5, 0.6) is 0 Å². The number of amides is 1. The molecule has 0 bridgehead atoms. The Labute approximate surface area is 114 Å². The zero-order chi connectivity index (χ0) is 13.7. The number of pyridine rings is 1. The van der Waals surface area contributed by atoms with Gasteiger partial charge in [-0.3, -0.25) is 4.79 Å². The molecule has 0 saturated carbocycles. The number of nitrogens with two attached hydrogens (primary N) is 1. The predicted molar refractivity (Wildman–Crippen MR) is 75.7 cm³/mol. The van der Waals surface area contributed by atoms with Gasteiger partial charge in [0, 0.05) is 37.8 Å². The monoisotopic (exact) mass is 262 g/mol. The van der Waals surface area contributed by atoms with E-state index in [0.717, 1.165) is 38.3 Å². The van der Waals surface area contributed by atoms with E-state index in [-0.39, 0.29) is 5.91 Å². The number of nitrogens with zero attached hydrogens (tertiary/aromatic N) is 2. The average Bonchev–Trinajstić information content (AvgIpc) is 2.40. The molecular weight excluding hydrogens is 240 g/mol. The van der Waals surface area contributed by atoms with Gasteiger partial charge in [-0.05, 0) is 31.9 Å². The van der Waals surface area contributed by atoms with Crippen molar-refractivity contribution in [2.45, 2.75) is 25.8 Å². The van der Waals surface area contributed by atoms with Crippen molar-refractivity contribution in [1.82, 2.24) is 10.3 Å². The van der Waals surface area contributed by atoms with E-state index in [1.165, 1.54) is 5.56 Å². The Bertz CT molecular complexity index is 427. The van der Waals surface area contributed by atoms with Crippen molar-refractivity contribution >= 4 is 11.7 Å². The van der Waals surface area contributed by atoms with Gasteiger partial charge in [0.05, 0.1) is 0 Å². The van der Waals surface area contributed by atoms with Crippen LogP contribution < -0.4 is 16.0 Å². The molecule has 0 spiro atoms. The Morgan fingerprint density at radius 1 is 1.53 bits per heavy atom.